The monoisotopic (exact) mass is 267 g/mol. The first kappa shape index (κ1) is 14.8. The van der Waals surface area contributed by atoms with Crippen LogP contribution in [0.1, 0.15) is 51.9 Å². The van der Waals surface area contributed by atoms with Crippen LogP contribution in [-0.2, 0) is 9.53 Å². The van der Waals surface area contributed by atoms with Crippen LogP contribution >= 0.6 is 0 Å². The first-order valence-corrected chi connectivity index (χ1v) is 7.86. The summed E-state index contributed by atoms with van der Waals surface area (Å²) in [6.45, 7) is 5.72. The highest BCUT2D eigenvalue weighted by Crippen LogP contribution is 2.25. The number of nitrogens with zero attached hydrogens (tertiary/aromatic N) is 2. The van der Waals surface area contributed by atoms with Crippen LogP contribution in [0.2, 0.25) is 0 Å². The van der Waals surface area contributed by atoms with E-state index in [0.717, 1.165) is 26.1 Å². The van der Waals surface area contributed by atoms with Crippen LogP contribution in [0.4, 0.5) is 0 Å². The molecular formula is C15H27N2O2. The van der Waals surface area contributed by atoms with Crippen LogP contribution in [0, 0.1) is 5.92 Å². The summed E-state index contributed by atoms with van der Waals surface area (Å²) in [5.74, 6) is 0.663. The van der Waals surface area contributed by atoms with Crippen molar-refractivity contribution in [2.75, 3.05) is 26.2 Å². The van der Waals surface area contributed by atoms with Gasteiger partial charge in [0.25, 0.3) is 0 Å². The van der Waals surface area contributed by atoms with Crippen molar-refractivity contribution in [1.29, 1.82) is 0 Å². The highest BCUT2D eigenvalue weighted by Gasteiger charge is 2.26. The van der Waals surface area contributed by atoms with Crippen LogP contribution in [0.25, 0.3) is 0 Å². The lowest BCUT2D eigenvalue weighted by Crippen LogP contribution is -2.47. The van der Waals surface area contributed by atoms with Gasteiger partial charge in [0, 0.05) is 13.0 Å². The van der Waals surface area contributed by atoms with Crippen molar-refractivity contribution in [1.82, 2.24) is 10.2 Å². The zero-order valence-electron chi connectivity index (χ0n) is 12.1. The maximum absolute atomic E-state index is 11.3. The summed E-state index contributed by atoms with van der Waals surface area (Å²) < 4.78 is 4.98. The summed E-state index contributed by atoms with van der Waals surface area (Å²) in [4.78, 5) is 13.9. The maximum Gasteiger partial charge on any atom is 0.305 e. The fourth-order valence-corrected chi connectivity index (χ4v) is 3.16. The van der Waals surface area contributed by atoms with Gasteiger partial charge in [-0.3, -0.25) is 9.69 Å². The lowest BCUT2D eigenvalue weighted by molar-refractivity contribution is -0.143. The largest absolute Gasteiger partial charge is 0.466 e. The number of ether oxygens (including phenoxy) is 1. The molecule has 0 aromatic carbocycles. The van der Waals surface area contributed by atoms with E-state index in [2.05, 4.69) is 4.90 Å². The minimum absolute atomic E-state index is 0.0350. The second-order valence-electron chi connectivity index (χ2n) is 5.71. The van der Waals surface area contributed by atoms with E-state index in [1.54, 1.807) is 0 Å². The molecule has 109 valence electrons. The van der Waals surface area contributed by atoms with Gasteiger partial charge in [-0.25, -0.2) is 5.32 Å². The topological polar surface area (TPSA) is 43.6 Å². The van der Waals surface area contributed by atoms with Crippen LogP contribution in [0.5, 0.6) is 0 Å². The molecule has 19 heavy (non-hydrogen) atoms. The van der Waals surface area contributed by atoms with Crippen LogP contribution in [0.15, 0.2) is 0 Å². The third-order valence-corrected chi connectivity index (χ3v) is 4.34. The fourth-order valence-electron chi connectivity index (χ4n) is 3.16. The van der Waals surface area contributed by atoms with Crippen LogP contribution in [-0.4, -0.2) is 43.3 Å². The second kappa shape index (κ2) is 7.85. The molecule has 2 fully saturated rings. The van der Waals surface area contributed by atoms with E-state index in [1.165, 1.54) is 32.1 Å². The number of carbonyl (C=O) groups is 1. The number of rotatable bonds is 5. The van der Waals surface area contributed by atoms with Crippen molar-refractivity contribution < 1.29 is 9.53 Å². The Morgan fingerprint density at radius 2 is 2.05 bits per heavy atom. The summed E-state index contributed by atoms with van der Waals surface area (Å²) in [6.07, 6.45) is 8.34. The number of piperidine rings is 2. The molecule has 0 bridgehead atoms. The number of hydrogen-bond donors (Lipinski definition) is 0. The smallest absolute Gasteiger partial charge is 0.305 e. The van der Waals surface area contributed by atoms with Gasteiger partial charge in [0.05, 0.1) is 12.8 Å². The van der Waals surface area contributed by atoms with E-state index in [4.69, 9.17) is 10.1 Å². The Bertz CT molecular complexity index is 269. The zero-order chi connectivity index (χ0) is 13.5. The predicted octanol–water partition coefficient (Wildman–Crippen LogP) is 2.16. The van der Waals surface area contributed by atoms with Gasteiger partial charge in [-0.2, -0.15) is 0 Å². The molecule has 2 aliphatic rings. The molecule has 0 aromatic rings. The first-order chi connectivity index (χ1) is 9.29. The molecule has 1 atom stereocenters. The summed E-state index contributed by atoms with van der Waals surface area (Å²) in [5, 5.41) is 4.73. The van der Waals surface area contributed by atoms with Crippen molar-refractivity contribution in [3.63, 3.8) is 0 Å². The summed E-state index contributed by atoms with van der Waals surface area (Å²) in [7, 11) is 0. The van der Waals surface area contributed by atoms with Gasteiger partial charge in [-0.15, -0.1) is 0 Å². The van der Waals surface area contributed by atoms with Crippen LogP contribution < -0.4 is 5.32 Å². The number of esters is 1. The molecule has 0 N–H and O–H groups in total. The Hall–Kier alpha value is -0.610. The van der Waals surface area contributed by atoms with Crippen molar-refractivity contribution in [2.45, 2.75) is 58.0 Å². The van der Waals surface area contributed by atoms with Gasteiger partial charge in [-0.05, 0) is 64.5 Å². The molecule has 1 radical (unpaired) electrons. The Morgan fingerprint density at radius 1 is 1.26 bits per heavy atom. The fraction of sp³-hybridized carbons (Fsp3) is 0.933. The second-order valence-corrected chi connectivity index (χ2v) is 5.71. The van der Waals surface area contributed by atoms with E-state index in [-0.39, 0.29) is 5.97 Å². The van der Waals surface area contributed by atoms with Gasteiger partial charge in [0.1, 0.15) is 0 Å². The van der Waals surface area contributed by atoms with E-state index in [0.29, 0.717) is 25.1 Å². The lowest BCUT2D eigenvalue weighted by atomic mass is 9.91. The standard InChI is InChI=1S/C15H27N2O2/c1-2-19-15(18)7-6-13-8-11-17(12-9-13)14-5-3-4-10-16-14/h13-14H,2-12H2,1H3. The Labute approximate surface area is 116 Å². The normalized spacial score (nSPS) is 26.3. The van der Waals surface area contributed by atoms with Crippen molar-refractivity contribution >= 4 is 5.97 Å². The quantitative estimate of drug-likeness (QED) is 0.717. The minimum atomic E-state index is -0.0350. The van der Waals surface area contributed by atoms with E-state index in [9.17, 15) is 4.79 Å². The van der Waals surface area contributed by atoms with E-state index in [1.807, 2.05) is 6.92 Å². The molecule has 1 unspecified atom stereocenters. The average molecular weight is 267 g/mol. The van der Waals surface area contributed by atoms with Gasteiger partial charge < -0.3 is 4.74 Å². The van der Waals surface area contributed by atoms with Gasteiger partial charge in [-0.1, -0.05) is 0 Å². The number of hydrogen-bond acceptors (Lipinski definition) is 3. The number of carbonyl (C=O) groups excluding carboxylic acids is 1. The number of likely N-dealkylation sites (tertiary alicyclic amines) is 1. The van der Waals surface area contributed by atoms with Crippen LogP contribution in [0.3, 0.4) is 0 Å². The van der Waals surface area contributed by atoms with Gasteiger partial charge in [0.15, 0.2) is 0 Å². The van der Waals surface area contributed by atoms with Crippen molar-refractivity contribution in [3.05, 3.63) is 0 Å². The Balaban J connectivity index is 1.63. The van der Waals surface area contributed by atoms with E-state index < -0.39 is 0 Å². The third kappa shape index (κ3) is 4.77. The first-order valence-electron chi connectivity index (χ1n) is 7.86. The lowest BCUT2D eigenvalue weighted by Gasteiger charge is -2.38. The minimum Gasteiger partial charge on any atom is -0.466 e. The molecule has 2 heterocycles. The molecule has 2 rings (SSSR count). The van der Waals surface area contributed by atoms with E-state index >= 15 is 0 Å². The molecule has 4 heteroatoms. The van der Waals surface area contributed by atoms with Crippen molar-refractivity contribution in [2.24, 2.45) is 5.92 Å². The summed E-state index contributed by atoms with van der Waals surface area (Å²) >= 11 is 0. The van der Waals surface area contributed by atoms with Gasteiger partial charge >= 0.3 is 5.97 Å². The predicted molar refractivity (Wildman–Crippen MR) is 74.8 cm³/mol. The Kier molecular flexibility index (Phi) is 6.11. The molecule has 2 saturated heterocycles. The molecule has 0 amide bonds. The SMILES string of the molecule is CCOC(=O)CCC1CCN(C2CCCC[N]2)CC1. The molecule has 0 saturated carbocycles. The molecule has 0 spiro atoms. The van der Waals surface area contributed by atoms with Gasteiger partial charge in [0.2, 0.25) is 0 Å². The highest BCUT2D eigenvalue weighted by molar-refractivity contribution is 5.69. The molecule has 4 nitrogen and oxygen atoms in total. The molecular weight excluding hydrogens is 240 g/mol. The summed E-state index contributed by atoms with van der Waals surface area (Å²) in [5.41, 5.74) is 0. The van der Waals surface area contributed by atoms with Crippen molar-refractivity contribution in [3.8, 4) is 0 Å². The average Bonchev–Trinajstić information content (AvgIpc) is 2.47. The molecule has 0 aromatic heterocycles. The molecule has 0 aliphatic carbocycles. The highest BCUT2D eigenvalue weighted by atomic mass is 16.5. The maximum atomic E-state index is 11.3. The Morgan fingerprint density at radius 3 is 2.68 bits per heavy atom. The third-order valence-electron chi connectivity index (χ3n) is 4.34. The summed E-state index contributed by atoms with van der Waals surface area (Å²) in [6, 6.07) is 0. The molecule has 2 aliphatic heterocycles. The zero-order valence-corrected chi connectivity index (χ0v) is 12.1.